The maximum atomic E-state index is 12.6. The summed E-state index contributed by atoms with van der Waals surface area (Å²) in [6.07, 6.45) is 2.52. The van der Waals surface area contributed by atoms with E-state index in [0.717, 1.165) is 55.6 Å². The number of aliphatic hydroxyl groups is 1. The van der Waals surface area contributed by atoms with E-state index in [9.17, 15) is 19.8 Å². The predicted octanol–water partition coefficient (Wildman–Crippen LogP) is 4.46. The topological polar surface area (TPSA) is 156 Å². The standard InChI is InChI=1S/C18H26BrNO4.C18H27NO5/c1-11-12(2)16-14(13(3)15(11)21)5-6-18(4,24-16)17(22)20-8-10-23-9-7-19;1-11-12(2)16-14(13(3)15(11)21)5-6-18(4,24-16)17(22)19-7-9-23-10-8-20/h21H,5-10H2,1-4H3,(H,20,22);20-21H,5-10H2,1-4H3,(H,19,22). The van der Waals surface area contributed by atoms with Crippen LogP contribution in [0.4, 0.5) is 0 Å². The lowest BCUT2D eigenvalue weighted by atomic mass is 9.86. The van der Waals surface area contributed by atoms with Crippen LogP contribution in [0.15, 0.2) is 0 Å². The SMILES string of the molecule is Cc1c(C)c2c(c(C)c1O)CCC(C)(C(=O)NCCOCCBr)O2.Cc1c(C)c2c(c(C)c1O)CCC(C)(C(=O)NCCOCCO)O2. The molecule has 5 N–H and O–H groups in total. The number of carbonyl (C=O) groups is 2. The molecule has 2 aromatic rings. The van der Waals surface area contributed by atoms with Gasteiger partial charge in [0.05, 0.1) is 33.0 Å². The fraction of sp³-hybridized carbons (Fsp3) is 0.611. The van der Waals surface area contributed by atoms with Gasteiger partial charge in [-0.3, -0.25) is 9.59 Å². The van der Waals surface area contributed by atoms with Gasteiger partial charge in [0.2, 0.25) is 0 Å². The van der Waals surface area contributed by atoms with Gasteiger partial charge in [0.25, 0.3) is 11.8 Å². The molecular formula is C36H53BrN2O9. The van der Waals surface area contributed by atoms with Gasteiger partial charge in [0.15, 0.2) is 11.2 Å². The number of phenols is 2. The summed E-state index contributed by atoms with van der Waals surface area (Å²) >= 11 is 3.29. The van der Waals surface area contributed by atoms with Crippen molar-refractivity contribution in [2.45, 2.75) is 92.3 Å². The molecule has 0 bridgehead atoms. The highest BCUT2D eigenvalue weighted by Gasteiger charge is 2.41. The van der Waals surface area contributed by atoms with Crippen LogP contribution in [0.1, 0.15) is 71.2 Å². The van der Waals surface area contributed by atoms with Crippen molar-refractivity contribution in [3.05, 3.63) is 44.5 Å². The van der Waals surface area contributed by atoms with Gasteiger partial charge < -0.3 is 44.9 Å². The Labute approximate surface area is 292 Å². The average Bonchev–Trinajstić information content (AvgIpc) is 3.07. The maximum absolute atomic E-state index is 12.6. The van der Waals surface area contributed by atoms with Crippen LogP contribution < -0.4 is 20.1 Å². The summed E-state index contributed by atoms with van der Waals surface area (Å²) in [5.41, 5.74) is 5.17. The monoisotopic (exact) mass is 736 g/mol. The van der Waals surface area contributed by atoms with Gasteiger partial charge in [-0.25, -0.2) is 0 Å². The van der Waals surface area contributed by atoms with Crippen molar-refractivity contribution in [3.8, 4) is 23.0 Å². The van der Waals surface area contributed by atoms with Crippen LogP contribution in [0.3, 0.4) is 0 Å². The number of phenolic OH excluding ortho intramolecular Hbond substituents is 2. The molecule has 11 nitrogen and oxygen atoms in total. The highest BCUT2D eigenvalue weighted by atomic mass is 79.9. The van der Waals surface area contributed by atoms with Crippen molar-refractivity contribution in [1.29, 1.82) is 0 Å². The summed E-state index contributed by atoms with van der Waals surface area (Å²) in [6, 6.07) is 0. The van der Waals surface area contributed by atoms with E-state index < -0.39 is 11.2 Å². The van der Waals surface area contributed by atoms with Gasteiger partial charge in [-0.05, 0) is 102 Å². The number of hydrogen-bond donors (Lipinski definition) is 5. The molecule has 12 heteroatoms. The lowest BCUT2D eigenvalue weighted by Gasteiger charge is -2.36. The zero-order chi connectivity index (χ0) is 35.8. The number of rotatable bonds is 12. The van der Waals surface area contributed by atoms with Crippen molar-refractivity contribution < 1.29 is 43.9 Å². The molecule has 0 fully saturated rings. The Morgan fingerprint density at radius 3 is 1.46 bits per heavy atom. The number of amides is 2. The Hall–Kier alpha value is -3.06. The number of ether oxygens (including phenoxy) is 4. The molecule has 0 saturated carbocycles. The molecule has 0 spiro atoms. The largest absolute Gasteiger partial charge is 0.507 e. The summed E-state index contributed by atoms with van der Waals surface area (Å²) in [7, 11) is 0. The molecule has 2 atom stereocenters. The first-order valence-corrected chi connectivity index (χ1v) is 17.7. The third-order valence-electron chi connectivity index (χ3n) is 9.52. The zero-order valence-electron chi connectivity index (χ0n) is 29.7. The first kappa shape index (κ1) is 39.4. The number of alkyl halides is 1. The van der Waals surface area contributed by atoms with Crippen LogP contribution in [-0.2, 0) is 31.9 Å². The summed E-state index contributed by atoms with van der Waals surface area (Å²) in [4.78, 5) is 25.1. The van der Waals surface area contributed by atoms with Crippen LogP contribution in [0.25, 0.3) is 0 Å². The molecular weight excluding hydrogens is 684 g/mol. The van der Waals surface area contributed by atoms with Crippen LogP contribution >= 0.6 is 15.9 Å². The normalized spacial score (nSPS) is 19.5. The molecule has 48 heavy (non-hydrogen) atoms. The smallest absolute Gasteiger partial charge is 0.263 e. The molecule has 4 rings (SSSR count). The summed E-state index contributed by atoms with van der Waals surface area (Å²) in [6.45, 7) is 17.5. The summed E-state index contributed by atoms with van der Waals surface area (Å²) in [5.74, 6) is 1.78. The Balaban J connectivity index is 0.000000260. The minimum atomic E-state index is -0.940. The Bertz CT molecular complexity index is 1370. The van der Waals surface area contributed by atoms with Gasteiger partial charge in [0, 0.05) is 42.4 Å². The van der Waals surface area contributed by atoms with E-state index in [0.29, 0.717) is 75.8 Å². The fourth-order valence-electron chi connectivity index (χ4n) is 5.99. The second kappa shape index (κ2) is 17.0. The van der Waals surface area contributed by atoms with Crippen molar-refractivity contribution >= 4 is 27.7 Å². The van der Waals surface area contributed by atoms with Crippen molar-refractivity contribution in [2.24, 2.45) is 0 Å². The molecule has 2 aliphatic rings. The van der Waals surface area contributed by atoms with E-state index in [1.165, 1.54) is 0 Å². The van der Waals surface area contributed by atoms with Crippen LogP contribution in [-0.4, -0.2) is 89.8 Å². The van der Waals surface area contributed by atoms with E-state index in [2.05, 4.69) is 26.6 Å². The van der Waals surface area contributed by atoms with Crippen LogP contribution in [0.2, 0.25) is 0 Å². The first-order valence-electron chi connectivity index (χ1n) is 16.5. The third-order valence-corrected chi connectivity index (χ3v) is 9.84. The Kier molecular flexibility index (Phi) is 14.0. The minimum absolute atomic E-state index is 0.0314. The second-order valence-electron chi connectivity index (χ2n) is 12.9. The number of aromatic hydroxyl groups is 2. The highest BCUT2D eigenvalue weighted by molar-refractivity contribution is 9.09. The van der Waals surface area contributed by atoms with Gasteiger partial charge in [-0.1, -0.05) is 15.9 Å². The van der Waals surface area contributed by atoms with E-state index in [1.54, 1.807) is 6.92 Å². The van der Waals surface area contributed by atoms with Crippen molar-refractivity contribution in [3.63, 3.8) is 0 Å². The molecule has 2 heterocycles. The molecule has 0 aromatic heterocycles. The molecule has 2 aromatic carbocycles. The predicted molar refractivity (Wildman–Crippen MR) is 188 cm³/mol. The average molecular weight is 738 g/mol. The van der Waals surface area contributed by atoms with Gasteiger partial charge in [-0.15, -0.1) is 0 Å². The number of hydrogen-bond acceptors (Lipinski definition) is 9. The van der Waals surface area contributed by atoms with Crippen molar-refractivity contribution in [2.75, 3.05) is 51.5 Å². The lowest BCUT2D eigenvalue weighted by Crippen LogP contribution is -2.51. The fourth-order valence-corrected chi connectivity index (χ4v) is 6.21. The van der Waals surface area contributed by atoms with E-state index in [1.807, 2.05) is 48.5 Å². The summed E-state index contributed by atoms with van der Waals surface area (Å²) < 4.78 is 22.7. The lowest BCUT2D eigenvalue weighted by molar-refractivity contribution is -0.137. The summed E-state index contributed by atoms with van der Waals surface area (Å²) in [5, 5.41) is 35.6. The van der Waals surface area contributed by atoms with E-state index in [4.69, 9.17) is 24.1 Å². The number of carbonyl (C=O) groups excluding carboxylic acids is 2. The molecule has 0 aliphatic carbocycles. The first-order chi connectivity index (χ1) is 22.6. The van der Waals surface area contributed by atoms with Crippen molar-refractivity contribution in [1.82, 2.24) is 10.6 Å². The molecule has 2 aliphatic heterocycles. The molecule has 0 saturated heterocycles. The molecule has 268 valence electrons. The molecule has 2 unspecified atom stereocenters. The van der Waals surface area contributed by atoms with Gasteiger partial charge in [-0.2, -0.15) is 0 Å². The number of nitrogens with one attached hydrogen (secondary N) is 2. The Morgan fingerprint density at radius 1 is 0.688 bits per heavy atom. The van der Waals surface area contributed by atoms with Crippen LogP contribution in [0, 0.1) is 41.5 Å². The molecule has 0 radical (unpaired) electrons. The quantitative estimate of drug-likeness (QED) is 0.157. The third kappa shape index (κ3) is 8.74. The highest BCUT2D eigenvalue weighted by Crippen LogP contribution is 2.44. The van der Waals surface area contributed by atoms with Gasteiger partial charge >= 0.3 is 0 Å². The van der Waals surface area contributed by atoms with Crippen LogP contribution in [0.5, 0.6) is 23.0 Å². The van der Waals surface area contributed by atoms with Gasteiger partial charge in [0.1, 0.15) is 23.0 Å². The van der Waals surface area contributed by atoms with E-state index >= 15 is 0 Å². The number of benzene rings is 2. The molecule has 2 amide bonds. The zero-order valence-corrected chi connectivity index (χ0v) is 31.2. The minimum Gasteiger partial charge on any atom is -0.507 e. The maximum Gasteiger partial charge on any atom is 0.263 e. The number of halogens is 1. The Morgan fingerprint density at radius 2 is 1.08 bits per heavy atom. The van der Waals surface area contributed by atoms with E-state index in [-0.39, 0.29) is 25.0 Å². The number of fused-ring (bicyclic) bond motifs is 2. The number of aliphatic hydroxyl groups excluding tert-OH is 1. The second-order valence-corrected chi connectivity index (χ2v) is 13.7.